The van der Waals surface area contributed by atoms with E-state index in [0.717, 1.165) is 34.1 Å². The van der Waals surface area contributed by atoms with Crippen LogP contribution in [0.5, 0.6) is 5.75 Å². The predicted molar refractivity (Wildman–Crippen MR) is 129 cm³/mol. The number of thioether (sulfide) groups is 1. The number of ether oxygens (including phenoxy) is 1. The molecular weight excluding hydrogens is 434 g/mol. The van der Waals surface area contributed by atoms with Crippen molar-refractivity contribution >= 4 is 17.7 Å². The van der Waals surface area contributed by atoms with E-state index in [2.05, 4.69) is 20.8 Å². The van der Waals surface area contributed by atoms with E-state index in [1.165, 1.54) is 11.8 Å². The lowest BCUT2D eigenvalue weighted by atomic mass is 10.2. The van der Waals surface area contributed by atoms with Crippen LogP contribution >= 0.6 is 11.8 Å². The summed E-state index contributed by atoms with van der Waals surface area (Å²) in [7, 11) is 0. The van der Waals surface area contributed by atoms with Crippen LogP contribution in [0.4, 0.5) is 0 Å². The molecule has 1 heterocycles. The summed E-state index contributed by atoms with van der Waals surface area (Å²) in [6.07, 6.45) is 0.723. The Morgan fingerprint density at radius 3 is 2.70 bits per heavy atom. The lowest BCUT2D eigenvalue weighted by Crippen LogP contribution is -2.26. The van der Waals surface area contributed by atoms with Crippen molar-refractivity contribution in [1.29, 1.82) is 0 Å². The second kappa shape index (κ2) is 11.3. The van der Waals surface area contributed by atoms with Crippen molar-refractivity contribution in [3.63, 3.8) is 0 Å². The monoisotopic (exact) mass is 459 g/mol. The van der Waals surface area contributed by atoms with Crippen LogP contribution in [0.1, 0.15) is 28.2 Å². The zero-order valence-corrected chi connectivity index (χ0v) is 19.2. The fourth-order valence-corrected chi connectivity index (χ4v) is 4.21. The number of amides is 1. The highest BCUT2D eigenvalue weighted by molar-refractivity contribution is 7.98. The van der Waals surface area contributed by atoms with Gasteiger partial charge in [-0.25, -0.2) is 0 Å². The van der Waals surface area contributed by atoms with Crippen molar-refractivity contribution in [2.45, 2.75) is 24.0 Å². The smallest absolute Gasteiger partial charge is 0.252 e. The standard InChI is InChI=1S/C25H25N5O2S/c1-19-9-7-12-21(17-19)32-16-8-15-26-25(31)22-13-5-6-14-23(22)33-18-24-27-28-29-30(24)20-10-3-2-4-11-20/h2-7,9-14,17H,8,15-16,18H2,1H3,(H,26,31). The number of nitrogens with zero attached hydrogens (tertiary/aromatic N) is 4. The Labute approximate surface area is 197 Å². The molecule has 0 saturated carbocycles. The van der Waals surface area contributed by atoms with E-state index in [1.54, 1.807) is 4.68 Å². The molecule has 1 amide bonds. The molecule has 1 aromatic heterocycles. The van der Waals surface area contributed by atoms with Crippen LogP contribution in [0.25, 0.3) is 5.69 Å². The molecule has 1 N–H and O–H groups in total. The summed E-state index contributed by atoms with van der Waals surface area (Å²) in [5, 5.41) is 15.0. The Kier molecular flexibility index (Phi) is 7.71. The molecule has 33 heavy (non-hydrogen) atoms. The highest BCUT2D eigenvalue weighted by Crippen LogP contribution is 2.26. The van der Waals surface area contributed by atoms with Crippen molar-refractivity contribution in [3.05, 3.63) is 95.8 Å². The van der Waals surface area contributed by atoms with Gasteiger partial charge in [-0.1, -0.05) is 42.5 Å². The van der Waals surface area contributed by atoms with Crippen LogP contribution in [0.3, 0.4) is 0 Å². The number of para-hydroxylation sites is 1. The largest absolute Gasteiger partial charge is 0.494 e. The van der Waals surface area contributed by atoms with Gasteiger partial charge in [0.25, 0.3) is 5.91 Å². The zero-order chi connectivity index (χ0) is 22.9. The molecule has 0 atom stereocenters. The lowest BCUT2D eigenvalue weighted by molar-refractivity contribution is 0.0948. The van der Waals surface area contributed by atoms with Gasteiger partial charge < -0.3 is 10.1 Å². The summed E-state index contributed by atoms with van der Waals surface area (Å²) in [6, 6.07) is 25.3. The maximum absolute atomic E-state index is 12.8. The average molecular weight is 460 g/mol. The number of hydrogen-bond acceptors (Lipinski definition) is 6. The number of aryl methyl sites for hydroxylation is 1. The minimum absolute atomic E-state index is 0.101. The molecule has 0 spiro atoms. The summed E-state index contributed by atoms with van der Waals surface area (Å²) in [6.45, 7) is 3.11. The Balaban J connectivity index is 1.30. The van der Waals surface area contributed by atoms with E-state index in [0.29, 0.717) is 24.5 Å². The van der Waals surface area contributed by atoms with Gasteiger partial charge in [0.05, 0.1) is 23.6 Å². The van der Waals surface area contributed by atoms with E-state index in [1.807, 2.05) is 85.8 Å². The summed E-state index contributed by atoms with van der Waals surface area (Å²) < 4.78 is 7.46. The molecule has 168 valence electrons. The summed E-state index contributed by atoms with van der Waals surface area (Å²) in [5.74, 6) is 2.00. The summed E-state index contributed by atoms with van der Waals surface area (Å²) >= 11 is 1.54. The topological polar surface area (TPSA) is 81.9 Å². The van der Waals surface area contributed by atoms with Gasteiger partial charge in [0.2, 0.25) is 0 Å². The van der Waals surface area contributed by atoms with Crippen molar-refractivity contribution in [1.82, 2.24) is 25.5 Å². The molecule has 7 nitrogen and oxygen atoms in total. The van der Waals surface area contributed by atoms with Crippen molar-refractivity contribution in [2.24, 2.45) is 0 Å². The number of rotatable bonds is 10. The molecule has 0 unspecified atom stereocenters. The molecule has 0 aliphatic heterocycles. The van der Waals surface area contributed by atoms with Gasteiger partial charge >= 0.3 is 0 Å². The number of tetrazole rings is 1. The van der Waals surface area contributed by atoms with Crippen LogP contribution in [-0.4, -0.2) is 39.3 Å². The second-order valence-electron chi connectivity index (χ2n) is 7.40. The number of carbonyl (C=O) groups is 1. The fourth-order valence-electron chi connectivity index (χ4n) is 3.25. The molecule has 8 heteroatoms. The zero-order valence-electron chi connectivity index (χ0n) is 18.3. The van der Waals surface area contributed by atoms with E-state index >= 15 is 0 Å². The molecule has 0 radical (unpaired) electrons. The van der Waals surface area contributed by atoms with Crippen LogP contribution in [0.2, 0.25) is 0 Å². The first-order valence-corrected chi connectivity index (χ1v) is 11.7. The molecule has 0 bridgehead atoms. The van der Waals surface area contributed by atoms with Crippen LogP contribution in [-0.2, 0) is 5.75 Å². The van der Waals surface area contributed by atoms with Crippen LogP contribution < -0.4 is 10.1 Å². The number of aromatic nitrogens is 4. The number of nitrogens with one attached hydrogen (secondary N) is 1. The highest BCUT2D eigenvalue weighted by Gasteiger charge is 2.14. The van der Waals surface area contributed by atoms with Gasteiger partial charge in [-0.05, 0) is 65.7 Å². The Bertz CT molecular complexity index is 1200. The van der Waals surface area contributed by atoms with E-state index in [4.69, 9.17) is 4.74 Å². The number of benzene rings is 3. The highest BCUT2D eigenvalue weighted by atomic mass is 32.2. The molecule has 0 aliphatic carbocycles. The van der Waals surface area contributed by atoms with E-state index < -0.39 is 0 Å². The molecule has 4 aromatic rings. The van der Waals surface area contributed by atoms with Gasteiger partial charge in [0.1, 0.15) is 5.75 Å². The van der Waals surface area contributed by atoms with Gasteiger partial charge in [-0.15, -0.1) is 16.9 Å². The lowest BCUT2D eigenvalue weighted by Gasteiger charge is -2.11. The van der Waals surface area contributed by atoms with Gasteiger partial charge in [-0.2, -0.15) is 4.68 Å². The van der Waals surface area contributed by atoms with Crippen molar-refractivity contribution in [2.75, 3.05) is 13.2 Å². The quantitative estimate of drug-likeness (QED) is 0.278. The summed E-state index contributed by atoms with van der Waals surface area (Å²) in [5.41, 5.74) is 2.70. The Hall–Kier alpha value is -3.65. The van der Waals surface area contributed by atoms with E-state index in [9.17, 15) is 4.79 Å². The number of hydrogen-bond donors (Lipinski definition) is 1. The Morgan fingerprint density at radius 2 is 1.85 bits per heavy atom. The van der Waals surface area contributed by atoms with Crippen LogP contribution in [0.15, 0.2) is 83.8 Å². The predicted octanol–water partition coefficient (Wildman–Crippen LogP) is 4.46. The third kappa shape index (κ3) is 6.20. The molecule has 0 saturated heterocycles. The van der Waals surface area contributed by atoms with Crippen LogP contribution in [0, 0.1) is 6.92 Å². The van der Waals surface area contributed by atoms with Gasteiger partial charge in [0, 0.05) is 11.4 Å². The van der Waals surface area contributed by atoms with Gasteiger partial charge in [0.15, 0.2) is 5.82 Å². The first-order chi connectivity index (χ1) is 16.2. The molecular formula is C25H25N5O2S. The molecule has 0 aliphatic rings. The average Bonchev–Trinajstić information content (AvgIpc) is 3.32. The van der Waals surface area contributed by atoms with Crippen molar-refractivity contribution < 1.29 is 9.53 Å². The minimum Gasteiger partial charge on any atom is -0.494 e. The SMILES string of the molecule is Cc1cccc(OCCCNC(=O)c2ccccc2SCc2nnnn2-c2ccccc2)c1. The normalized spacial score (nSPS) is 10.7. The number of carbonyl (C=O) groups excluding carboxylic acids is 1. The first kappa shape index (κ1) is 22.5. The van der Waals surface area contributed by atoms with Crippen molar-refractivity contribution in [3.8, 4) is 11.4 Å². The third-order valence-corrected chi connectivity index (χ3v) is 5.96. The van der Waals surface area contributed by atoms with E-state index in [-0.39, 0.29) is 5.91 Å². The molecule has 0 fully saturated rings. The molecule has 4 rings (SSSR count). The second-order valence-corrected chi connectivity index (χ2v) is 8.42. The first-order valence-electron chi connectivity index (χ1n) is 10.7. The Morgan fingerprint density at radius 1 is 1.03 bits per heavy atom. The molecule has 3 aromatic carbocycles. The third-order valence-electron chi connectivity index (χ3n) is 4.89. The maximum atomic E-state index is 12.8. The van der Waals surface area contributed by atoms with Gasteiger partial charge in [-0.3, -0.25) is 4.79 Å². The maximum Gasteiger partial charge on any atom is 0.252 e. The fraction of sp³-hybridized carbons (Fsp3) is 0.200. The minimum atomic E-state index is -0.101. The summed E-state index contributed by atoms with van der Waals surface area (Å²) in [4.78, 5) is 13.7.